The average Bonchev–Trinajstić information content (AvgIpc) is 2.86. The molecule has 0 spiro atoms. The van der Waals surface area contributed by atoms with E-state index in [4.69, 9.17) is 10.9 Å². The monoisotopic (exact) mass is 281 g/mol. The van der Waals surface area contributed by atoms with Gasteiger partial charge in [-0.3, -0.25) is 5.43 Å². The van der Waals surface area contributed by atoms with E-state index < -0.39 is 0 Å². The van der Waals surface area contributed by atoms with Crippen LogP contribution in [-0.4, -0.2) is 35.3 Å². The van der Waals surface area contributed by atoms with E-state index >= 15 is 0 Å². The summed E-state index contributed by atoms with van der Waals surface area (Å²) in [5.41, 5.74) is 2.51. The summed E-state index contributed by atoms with van der Waals surface area (Å²) in [6.45, 7) is 3.03. The summed E-state index contributed by atoms with van der Waals surface area (Å²) in [4.78, 5) is 13.0. The molecule has 0 aliphatic heterocycles. The zero-order chi connectivity index (χ0) is 13.8. The summed E-state index contributed by atoms with van der Waals surface area (Å²) in [5, 5.41) is 9.97. The third-order valence-corrected chi connectivity index (χ3v) is 4.09. The van der Waals surface area contributed by atoms with E-state index in [-0.39, 0.29) is 6.61 Å². The second-order valence-electron chi connectivity index (χ2n) is 4.30. The Bertz CT molecular complexity index is 556. The molecule has 7 heteroatoms. The molecule has 0 unspecified atom stereocenters. The largest absolute Gasteiger partial charge is 0.396 e. The molecule has 104 valence electrons. The summed E-state index contributed by atoms with van der Waals surface area (Å²) in [6.07, 6.45) is 1.68. The van der Waals surface area contributed by atoms with Crippen LogP contribution < -0.4 is 16.2 Å². The van der Waals surface area contributed by atoms with Crippen molar-refractivity contribution in [2.24, 2.45) is 5.84 Å². The number of rotatable bonds is 6. The van der Waals surface area contributed by atoms with Gasteiger partial charge in [-0.25, -0.2) is 10.8 Å². The highest BCUT2D eigenvalue weighted by molar-refractivity contribution is 7.18. The molecule has 0 bridgehead atoms. The zero-order valence-corrected chi connectivity index (χ0v) is 12.0. The van der Waals surface area contributed by atoms with E-state index in [1.807, 2.05) is 11.9 Å². The van der Waals surface area contributed by atoms with Gasteiger partial charge in [0.25, 0.3) is 0 Å². The van der Waals surface area contributed by atoms with E-state index in [0.717, 1.165) is 29.0 Å². The standard InChI is InChI=1S/C12H19N5OS/c1-3-8-7-9-10(17(2)5-4-6-18)14-12(16-13)15-11(9)19-8/h7,18H,3-6,13H2,1-2H3,(H,14,15,16). The van der Waals surface area contributed by atoms with Gasteiger partial charge in [0.05, 0.1) is 5.39 Å². The SMILES string of the molecule is CCc1cc2c(N(C)CCCO)nc(NN)nc2s1. The number of hydrazine groups is 1. The second kappa shape index (κ2) is 6.14. The fourth-order valence-electron chi connectivity index (χ4n) is 1.90. The van der Waals surface area contributed by atoms with E-state index in [1.54, 1.807) is 11.3 Å². The van der Waals surface area contributed by atoms with Crippen LogP contribution in [0.1, 0.15) is 18.2 Å². The third kappa shape index (κ3) is 2.94. The topological polar surface area (TPSA) is 87.3 Å². The Morgan fingerprint density at radius 1 is 1.47 bits per heavy atom. The van der Waals surface area contributed by atoms with Crippen molar-refractivity contribution < 1.29 is 5.11 Å². The molecule has 2 rings (SSSR count). The van der Waals surface area contributed by atoms with Crippen molar-refractivity contribution in [2.75, 3.05) is 30.5 Å². The van der Waals surface area contributed by atoms with Crippen molar-refractivity contribution >= 4 is 33.3 Å². The van der Waals surface area contributed by atoms with E-state index in [2.05, 4.69) is 28.4 Å². The lowest BCUT2D eigenvalue weighted by atomic mass is 10.3. The first-order valence-electron chi connectivity index (χ1n) is 6.28. The van der Waals surface area contributed by atoms with Crippen molar-refractivity contribution in [1.82, 2.24) is 9.97 Å². The molecule has 0 atom stereocenters. The summed E-state index contributed by atoms with van der Waals surface area (Å²) in [7, 11) is 1.96. The minimum Gasteiger partial charge on any atom is -0.396 e. The van der Waals surface area contributed by atoms with Crippen LogP contribution in [0.4, 0.5) is 11.8 Å². The molecule has 2 aromatic rings. The number of fused-ring (bicyclic) bond motifs is 1. The van der Waals surface area contributed by atoms with Gasteiger partial charge in [0.1, 0.15) is 10.6 Å². The van der Waals surface area contributed by atoms with Gasteiger partial charge in [0.2, 0.25) is 5.95 Å². The number of nitrogen functional groups attached to an aromatic ring is 1. The number of thiophene rings is 1. The molecule has 0 aliphatic rings. The van der Waals surface area contributed by atoms with Crippen molar-refractivity contribution in [3.63, 3.8) is 0 Å². The molecular formula is C12H19N5OS. The highest BCUT2D eigenvalue weighted by Gasteiger charge is 2.14. The van der Waals surface area contributed by atoms with E-state index in [1.165, 1.54) is 4.88 Å². The van der Waals surface area contributed by atoms with Gasteiger partial charge < -0.3 is 10.0 Å². The fraction of sp³-hybridized carbons (Fsp3) is 0.500. The van der Waals surface area contributed by atoms with E-state index in [0.29, 0.717) is 12.4 Å². The van der Waals surface area contributed by atoms with Gasteiger partial charge in [0.15, 0.2) is 0 Å². The number of hydrogen-bond acceptors (Lipinski definition) is 7. The average molecular weight is 281 g/mol. The molecule has 0 saturated carbocycles. The lowest BCUT2D eigenvalue weighted by Crippen LogP contribution is -2.22. The summed E-state index contributed by atoms with van der Waals surface area (Å²) in [5.74, 6) is 6.69. The Morgan fingerprint density at radius 2 is 2.26 bits per heavy atom. The molecule has 0 fully saturated rings. The summed E-state index contributed by atoms with van der Waals surface area (Å²) in [6, 6.07) is 2.13. The number of nitrogens with zero attached hydrogens (tertiary/aromatic N) is 3. The minimum absolute atomic E-state index is 0.171. The van der Waals surface area contributed by atoms with Crippen LogP contribution in [0, 0.1) is 0 Å². The van der Waals surface area contributed by atoms with Crippen LogP contribution in [0.3, 0.4) is 0 Å². The fourth-order valence-corrected chi connectivity index (χ4v) is 2.86. The first-order chi connectivity index (χ1) is 9.19. The maximum absolute atomic E-state index is 8.93. The highest BCUT2D eigenvalue weighted by atomic mass is 32.1. The van der Waals surface area contributed by atoms with Gasteiger partial charge in [-0.1, -0.05) is 6.92 Å². The number of aliphatic hydroxyl groups excluding tert-OH is 1. The molecule has 2 aromatic heterocycles. The molecule has 2 heterocycles. The van der Waals surface area contributed by atoms with Crippen LogP contribution in [0.25, 0.3) is 10.2 Å². The van der Waals surface area contributed by atoms with Gasteiger partial charge in [-0.15, -0.1) is 11.3 Å². The number of aryl methyl sites for hydroxylation is 1. The number of nitrogens with one attached hydrogen (secondary N) is 1. The first kappa shape index (κ1) is 14.0. The maximum Gasteiger partial charge on any atom is 0.240 e. The number of hydrogen-bond donors (Lipinski definition) is 3. The van der Waals surface area contributed by atoms with Crippen molar-refractivity contribution in [3.05, 3.63) is 10.9 Å². The molecule has 0 aromatic carbocycles. The van der Waals surface area contributed by atoms with Crippen LogP contribution in [0.5, 0.6) is 0 Å². The Kier molecular flexibility index (Phi) is 4.52. The Morgan fingerprint density at radius 3 is 2.89 bits per heavy atom. The first-order valence-corrected chi connectivity index (χ1v) is 7.10. The zero-order valence-electron chi connectivity index (χ0n) is 11.2. The van der Waals surface area contributed by atoms with Crippen molar-refractivity contribution in [3.8, 4) is 0 Å². The lowest BCUT2D eigenvalue weighted by Gasteiger charge is -2.18. The minimum atomic E-state index is 0.171. The number of anilines is 2. The molecule has 19 heavy (non-hydrogen) atoms. The quantitative estimate of drug-likeness (QED) is 0.547. The third-order valence-electron chi connectivity index (χ3n) is 2.91. The smallest absolute Gasteiger partial charge is 0.240 e. The van der Waals surface area contributed by atoms with Gasteiger partial charge in [-0.2, -0.15) is 4.98 Å². The predicted octanol–water partition coefficient (Wildman–Crippen LogP) is 1.36. The van der Waals surface area contributed by atoms with Gasteiger partial charge >= 0.3 is 0 Å². The maximum atomic E-state index is 8.93. The summed E-state index contributed by atoms with van der Waals surface area (Å²) >= 11 is 1.66. The highest BCUT2D eigenvalue weighted by Crippen LogP contribution is 2.31. The number of nitrogens with two attached hydrogens (primary N) is 1. The van der Waals surface area contributed by atoms with Gasteiger partial charge in [-0.05, 0) is 18.9 Å². The van der Waals surface area contributed by atoms with E-state index in [9.17, 15) is 0 Å². The molecule has 0 aliphatic carbocycles. The lowest BCUT2D eigenvalue weighted by molar-refractivity contribution is 0.290. The molecular weight excluding hydrogens is 262 g/mol. The van der Waals surface area contributed by atoms with Crippen LogP contribution in [-0.2, 0) is 6.42 Å². The molecule has 0 amide bonds. The second-order valence-corrected chi connectivity index (χ2v) is 5.41. The Labute approximate surface area is 116 Å². The van der Waals surface area contributed by atoms with Crippen LogP contribution in [0.2, 0.25) is 0 Å². The van der Waals surface area contributed by atoms with Crippen molar-refractivity contribution in [2.45, 2.75) is 19.8 Å². The molecule has 4 N–H and O–H groups in total. The van der Waals surface area contributed by atoms with Crippen LogP contribution in [0.15, 0.2) is 6.07 Å². The number of aromatic nitrogens is 2. The summed E-state index contributed by atoms with van der Waals surface area (Å²) < 4.78 is 0. The Hall–Kier alpha value is -1.44. The molecule has 0 radical (unpaired) electrons. The number of aliphatic hydroxyl groups is 1. The van der Waals surface area contributed by atoms with Gasteiger partial charge in [0, 0.05) is 25.1 Å². The van der Waals surface area contributed by atoms with Crippen LogP contribution >= 0.6 is 11.3 Å². The Balaban J connectivity index is 2.46. The molecule has 0 saturated heterocycles. The normalized spacial score (nSPS) is 10.9. The molecule has 6 nitrogen and oxygen atoms in total. The van der Waals surface area contributed by atoms with Crippen molar-refractivity contribution in [1.29, 1.82) is 0 Å². The predicted molar refractivity (Wildman–Crippen MR) is 79.6 cm³/mol.